The Hall–Kier alpha value is -3.47. The molecule has 3 aromatic rings. The molecule has 0 fully saturated rings. The van der Waals surface area contributed by atoms with Gasteiger partial charge in [0, 0.05) is 0 Å². The number of allylic oxidation sites excluding steroid dienone is 1. The molecule has 2 aromatic carbocycles. The molecule has 0 aliphatic heterocycles. The molecule has 136 valence electrons. The molecule has 3 rings (SSSR count). The Morgan fingerprint density at radius 2 is 1.74 bits per heavy atom. The van der Waals surface area contributed by atoms with Gasteiger partial charge in [0.2, 0.25) is 5.88 Å². The molecule has 0 N–H and O–H groups in total. The van der Waals surface area contributed by atoms with Crippen molar-refractivity contribution in [1.82, 2.24) is 9.97 Å². The molecule has 0 saturated heterocycles. The molecule has 5 nitrogen and oxygen atoms in total. The number of methoxy groups -OCH3 is 1. The average molecular weight is 360 g/mol. The zero-order valence-electron chi connectivity index (χ0n) is 15.5. The summed E-state index contributed by atoms with van der Waals surface area (Å²) in [5.41, 5.74) is 3.64. The van der Waals surface area contributed by atoms with Gasteiger partial charge in [-0.1, -0.05) is 48.5 Å². The Labute approximate surface area is 158 Å². The lowest BCUT2D eigenvalue weighted by Gasteiger charge is -2.14. The monoisotopic (exact) mass is 360 g/mol. The summed E-state index contributed by atoms with van der Waals surface area (Å²) >= 11 is 0. The van der Waals surface area contributed by atoms with Crippen LogP contribution in [0.25, 0.3) is 16.7 Å². The number of hydrogen-bond donors (Lipinski definition) is 0. The summed E-state index contributed by atoms with van der Waals surface area (Å²) in [5, 5.41) is 0. The van der Waals surface area contributed by atoms with Crippen LogP contribution in [0, 0.1) is 6.92 Å². The highest BCUT2D eigenvalue weighted by molar-refractivity contribution is 6.17. The van der Waals surface area contributed by atoms with Gasteiger partial charge in [0.15, 0.2) is 0 Å². The molecule has 0 radical (unpaired) electrons. The van der Waals surface area contributed by atoms with E-state index in [2.05, 4.69) is 9.97 Å². The van der Waals surface area contributed by atoms with E-state index < -0.39 is 5.97 Å². The molecule has 0 atom stereocenters. The van der Waals surface area contributed by atoms with Gasteiger partial charge in [0.25, 0.3) is 0 Å². The van der Waals surface area contributed by atoms with E-state index in [9.17, 15) is 4.79 Å². The predicted molar refractivity (Wildman–Crippen MR) is 104 cm³/mol. The molecule has 0 aliphatic rings. The van der Waals surface area contributed by atoms with Crippen LogP contribution in [-0.4, -0.2) is 23.0 Å². The Kier molecular flexibility index (Phi) is 5.61. The highest BCUT2D eigenvalue weighted by atomic mass is 16.5. The van der Waals surface area contributed by atoms with Gasteiger partial charge in [-0.15, -0.1) is 0 Å². The van der Waals surface area contributed by atoms with Crippen molar-refractivity contribution in [2.24, 2.45) is 0 Å². The van der Waals surface area contributed by atoms with Gasteiger partial charge in [-0.05, 0) is 37.1 Å². The topological polar surface area (TPSA) is 61.3 Å². The van der Waals surface area contributed by atoms with Crippen molar-refractivity contribution in [3.8, 4) is 22.8 Å². The molecule has 0 amide bonds. The highest BCUT2D eigenvalue weighted by Crippen LogP contribution is 2.32. The van der Waals surface area contributed by atoms with Crippen molar-refractivity contribution in [2.45, 2.75) is 13.8 Å². The number of hydrogen-bond acceptors (Lipinski definition) is 5. The van der Waals surface area contributed by atoms with Crippen LogP contribution < -0.4 is 4.74 Å². The van der Waals surface area contributed by atoms with Gasteiger partial charge in [-0.25, -0.2) is 14.8 Å². The molecule has 0 unspecified atom stereocenters. The average Bonchev–Trinajstić information content (AvgIpc) is 2.71. The molecular weight excluding hydrogens is 340 g/mol. The summed E-state index contributed by atoms with van der Waals surface area (Å²) in [7, 11) is 1.34. The van der Waals surface area contributed by atoms with Crippen molar-refractivity contribution in [3.05, 3.63) is 78.3 Å². The summed E-state index contributed by atoms with van der Waals surface area (Å²) < 4.78 is 10.9. The minimum Gasteiger partial charge on any atom is -0.465 e. The smallest absolute Gasteiger partial charge is 0.338 e. The van der Waals surface area contributed by atoms with Gasteiger partial charge >= 0.3 is 5.97 Å². The Morgan fingerprint density at radius 3 is 2.44 bits per heavy atom. The highest BCUT2D eigenvalue weighted by Gasteiger charge is 2.21. The first-order valence-electron chi connectivity index (χ1n) is 8.54. The molecule has 0 aliphatic carbocycles. The van der Waals surface area contributed by atoms with Crippen molar-refractivity contribution < 1.29 is 14.3 Å². The van der Waals surface area contributed by atoms with Gasteiger partial charge < -0.3 is 9.47 Å². The van der Waals surface area contributed by atoms with E-state index in [1.54, 1.807) is 19.9 Å². The van der Waals surface area contributed by atoms with Crippen LogP contribution in [0.5, 0.6) is 11.6 Å². The van der Waals surface area contributed by atoms with Crippen LogP contribution in [0.1, 0.15) is 18.2 Å². The lowest BCUT2D eigenvalue weighted by Crippen LogP contribution is -2.08. The van der Waals surface area contributed by atoms with Crippen LogP contribution in [0.2, 0.25) is 0 Å². The fraction of sp³-hybridized carbons (Fsp3) is 0.136. The van der Waals surface area contributed by atoms with E-state index in [-0.39, 0.29) is 0 Å². The number of aryl methyl sites for hydroxylation is 1. The van der Waals surface area contributed by atoms with E-state index >= 15 is 0 Å². The quantitative estimate of drug-likeness (QED) is 0.482. The van der Waals surface area contributed by atoms with E-state index in [0.29, 0.717) is 28.5 Å². The third-order valence-corrected chi connectivity index (χ3v) is 4.12. The SMILES string of the molecule is CC=C(C(=O)OC)c1c(C)ncnc1Oc1cccc(-c2ccccc2)c1. The van der Waals surface area contributed by atoms with Gasteiger partial charge in [-0.2, -0.15) is 0 Å². The maximum absolute atomic E-state index is 12.1. The van der Waals surface area contributed by atoms with Crippen molar-refractivity contribution >= 4 is 11.5 Å². The largest absolute Gasteiger partial charge is 0.465 e. The summed E-state index contributed by atoms with van der Waals surface area (Å²) in [6.45, 7) is 3.56. The summed E-state index contributed by atoms with van der Waals surface area (Å²) in [6, 6.07) is 17.7. The van der Waals surface area contributed by atoms with E-state index in [1.807, 2.05) is 54.6 Å². The Bertz CT molecular complexity index is 982. The minimum absolute atomic E-state index is 0.311. The summed E-state index contributed by atoms with van der Waals surface area (Å²) in [4.78, 5) is 20.6. The normalized spacial score (nSPS) is 11.1. The number of ether oxygens (including phenoxy) is 2. The maximum Gasteiger partial charge on any atom is 0.338 e. The Morgan fingerprint density at radius 1 is 1.00 bits per heavy atom. The van der Waals surface area contributed by atoms with Gasteiger partial charge in [0.1, 0.15) is 12.1 Å². The molecule has 27 heavy (non-hydrogen) atoms. The molecule has 0 saturated carbocycles. The number of aromatic nitrogens is 2. The zero-order valence-corrected chi connectivity index (χ0v) is 15.5. The first kappa shape index (κ1) is 18.3. The number of benzene rings is 2. The summed E-state index contributed by atoms with van der Waals surface area (Å²) in [5.74, 6) is 0.473. The lowest BCUT2D eigenvalue weighted by atomic mass is 10.1. The fourth-order valence-electron chi connectivity index (χ4n) is 2.79. The van der Waals surface area contributed by atoms with Crippen molar-refractivity contribution in [3.63, 3.8) is 0 Å². The van der Waals surface area contributed by atoms with Crippen LogP contribution >= 0.6 is 0 Å². The van der Waals surface area contributed by atoms with Crippen LogP contribution in [0.15, 0.2) is 67.0 Å². The van der Waals surface area contributed by atoms with E-state index in [0.717, 1.165) is 11.1 Å². The van der Waals surface area contributed by atoms with Crippen LogP contribution in [-0.2, 0) is 9.53 Å². The zero-order chi connectivity index (χ0) is 19.2. The second kappa shape index (κ2) is 8.27. The minimum atomic E-state index is -0.460. The standard InChI is InChI=1S/C22H20N2O3/c1-4-19(22(25)26-3)20-15(2)23-14-24-21(20)27-18-12-8-11-17(13-18)16-9-6-5-7-10-16/h4-14H,1-3H3. The molecule has 0 spiro atoms. The third-order valence-electron chi connectivity index (χ3n) is 4.12. The van der Waals surface area contributed by atoms with Crippen molar-refractivity contribution in [2.75, 3.05) is 7.11 Å². The maximum atomic E-state index is 12.1. The molecular formula is C22H20N2O3. The third kappa shape index (κ3) is 4.03. The summed E-state index contributed by atoms with van der Waals surface area (Å²) in [6.07, 6.45) is 3.09. The predicted octanol–water partition coefficient (Wildman–Crippen LogP) is 4.82. The van der Waals surface area contributed by atoms with E-state index in [1.165, 1.54) is 13.4 Å². The second-order valence-corrected chi connectivity index (χ2v) is 5.83. The molecule has 0 bridgehead atoms. The van der Waals surface area contributed by atoms with Crippen LogP contribution in [0.4, 0.5) is 0 Å². The first-order chi connectivity index (χ1) is 13.1. The molecule has 5 heteroatoms. The molecule has 1 aromatic heterocycles. The molecule has 1 heterocycles. The van der Waals surface area contributed by atoms with Crippen LogP contribution in [0.3, 0.4) is 0 Å². The number of esters is 1. The van der Waals surface area contributed by atoms with E-state index in [4.69, 9.17) is 9.47 Å². The second-order valence-electron chi connectivity index (χ2n) is 5.83. The number of carbonyl (C=O) groups excluding carboxylic acids is 1. The van der Waals surface area contributed by atoms with Crippen molar-refractivity contribution in [1.29, 1.82) is 0 Å². The van der Waals surface area contributed by atoms with Gasteiger partial charge in [0.05, 0.1) is 23.9 Å². The number of carbonyl (C=O) groups is 1. The number of rotatable bonds is 5. The first-order valence-corrected chi connectivity index (χ1v) is 8.54. The Balaban J connectivity index is 2.00. The van der Waals surface area contributed by atoms with Gasteiger partial charge in [-0.3, -0.25) is 0 Å². The fourth-order valence-corrected chi connectivity index (χ4v) is 2.79. The lowest BCUT2D eigenvalue weighted by molar-refractivity contribution is -0.133. The number of nitrogens with zero attached hydrogens (tertiary/aromatic N) is 2.